The van der Waals surface area contributed by atoms with Crippen molar-refractivity contribution in [2.24, 2.45) is 0 Å². The molecule has 0 aliphatic carbocycles. The molecule has 1 aromatic heterocycles. The van der Waals surface area contributed by atoms with Crippen molar-refractivity contribution in [3.05, 3.63) is 87.3 Å². The Kier molecular flexibility index (Phi) is 9.92. The average Bonchev–Trinajstić information content (AvgIpc) is 3.63. The standard InChI is InChI=1S/C21H22F2N2O4.C9H8F3NO2/c1-12-3-5-24(14-4-6-29-11-14)21(27)20(12)25-10-13(7-18(25)26)19-16(22)8-15(28-2)9-17(19)23;1-13-8(14)6-2-4-7(5-3-6)15-9(10,11)12/h3,5,8-9,13-14H,4,6-7,10-11H2,1-2H3;2-5H,1H3,(H,13,14). The predicted octanol–water partition coefficient (Wildman–Crippen LogP) is 4.87. The molecule has 2 saturated heterocycles. The molecule has 5 rings (SSSR count). The summed E-state index contributed by atoms with van der Waals surface area (Å²) in [4.78, 5) is 38.2. The molecule has 2 fully saturated rings. The number of aromatic nitrogens is 1. The Morgan fingerprint density at radius 2 is 1.70 bits per heavy atom. The fraction of sp³-hybridized carbons (Fsp3) is 0.367. The van der Waals surface area contributed by atoms with E-state index in [1.165, 1.54) is 31.2 Å². The van der Waals surface area contributed by atoms with E-state index < -0.39 is 23.9 Å². The predicted molar refractivity (Wildman–Crippen MR) is 149 cm³/mol. The Hall–Kier alpha value is -4.46. The van der Waals surface area contributed by atoms with E-state index in [0.717, 1.165) is 30.7 Å². The minimum atomic E-state index is -4.71. The van der Waals surface area contributed by atoms with Crippen LogP contribution in [0.5, 0.6) is 11.5 Å². The number of carbonyl (C=O) groups excluding carboxylic acids is 2. The van der Waals surface area contributed by atoms with Crippen LogP contribution < -0.4 is 25.2 Å². The summed E-state index contributed by atoms with van der Waals surface area (Å²) < 4.78 is 79.8. The molecular formula is C30H30F5N3O6. The maximum absolute atomic E-state index is 14.5. The van der Waals surface area contributed by atoms with Crippen molar-refractivity contribution in [2.75, 3.05) is 38.8 Å². The van der Waals surface area contributed by atoms with Gasteiger partial charge in [-0.3, -0.25) is 14.4 Å². The number of hydrogen-bond donors (Lipinski definition) is 1. The van der Waals surface area contributed by atoms with E-state index in [1.54, 1.807) is 23.8 Å². The third-order valence-electron chi connectivity index (χ3n) is 7.26. The van der Waals surface area contributed by atoms with E-state index in [4.69, 9.17) is 9.47 Å². The molecule has 2 aromatic carbocycles. The van der Waals surface area contributed by atoms with Gasteiger partial charge in [-0.05, 0) is 49.2 Å². The number of hydrogen-bond acceptors (Lipinski definition) is 6. The second kappa shape index (κ2) is 13.5. The molecule has 2 aliphatic heterocycles. The van der Waals surface area contributed by atoms with Crippen molar-refractivity contribution in [3.8, 4) is 11.5 Å². The molecule has 2 atom stereocenters. The van der Waals surface area contributed by atoms with Crippen LogP contribution in [0.4, 0.5) is 27.6 Å². The van der Waals surface area contributed by atoms with Crippen molar-refractivity contribution >= 4 is 17.5 Å². The number of amides is 2. The molecule has 3 aromatic rings. The second-order valence-corrected chi connectivity index (χ2v) is 10.1. The van der Waals surface area contributed by atoms with Crippen molar-refractivity contribution < 1.29 is 45.8 Å². The van der Waals surface area contributed by atoms with Crippen LogP contribution in [0.2, 0.25) is 0 Å². The fourth-order valence-corrected chi connectivity index (χ4v) is 5.13. The van der Waals surface area contributed by atoms with Crippen molar-refractivity contribution in [3.63, 3.8) is 0 Å². The summed E-state index contributed by atoms with van der Waals surface area (Å²) in [7, 11) is 2.76. The zero-order valence-corrected chi connectivity index (χ0v) is 24.0. The van der Waals surface area contributed by atoms with Crippen LogP contribution in [0.15, 0.2) is 53.5 Å². The van der Waals surface area contributed by atoms with E-state index in [0.29, 0.717) is 18.8 Å². The third-order valence-corrected chi connectivity index (χ3v) is 7.26. The van der Waals surface area contributed by atoms with Gasteiger partial charge in [-0.25, -0.2) is 8.78 Å². The third kappa shape index (κ3) is 7.36. The van der Waals surface area contributed by atoms with Gasteiger partial charge in [0, 0.05) is 62.0 Å². The summed E-state index contributed by atoms with van der Waals surface area (Å²) in [5.41, 5.74) is 0.744. The summed E-state index contributed by atoms with van der Waals surface area (Å²) in [5.74, 6) is -3.17. The van der Waals surface area contributed by atoms with Gasteiger partial charge in [0.25, 0.3) is 11.5 Å². The molecular weight excluding hydrogens is 593 g/mol. The lowest BCUT2D eigenvalue weighted by atomic mass is 9.97. The topological polar surface area (TPSA) is 99.1 Å². The Balaban J connectivity index is 0.000000249. The van der Waals surface area contributed by atoms with Crippen LogP contribution in [-0.2, 0) is 9.53 Å². The Morgan fingerprint density at radius 1 is 1.05 bits per heavy atom. The monoisotopic (exact) mass is 623 g/mol. The molecule has 2 unspecified atom stereocenters. The zero-order chi connectivity index (χ0) is 32.2. The number of halogens is 5. The van der Waals surface area contributed by atoms with Gasteiger partial charge in [-0.15, -0.1) is 13.2 Å². The summed E-state index contributed by atoms with van der Waals surface area (Å²) in [6.07, 6.45) is -2.35. The molecule has 0 saturated carbocycles. The highest BCUT2D eigenvalue weighted by Gasteiger charge is 2.37. The number of benzene rings is 2. The number of rotatable bonds is 6. The zero-order valence-electron chi connectivity index (χ0n) is 24.0. The van der Waals surface area contributed by atoms with E-state index in [9.17, 15) is 36.3 Å². The van der Waals surface area contributed by atoms with Crippen LogP contribution >= 0.6 is 0 Å². The number of aryl methyl sites for hydroxylation is 1. The van der Waals surface area contributed by atoms with Crippen LogP contribution in [0.1, 0.15) is 46.3 Å². The molecule has 236 valence electrons. The molecule has 0 radical (unpaired) electrons. The van der Waals surface area contributed by atoms with E-state index in [-0.39, 0.29) is 64.7 Å². The summed E-state index contributed by atoms with van der Waals surface area (Å²) in [5, 5.41) is 2.35. The summed E-state index contributed by atoms with van der Waals surface area (Å²) in [6.45, 7) is 2.82. The van der Waals surface area contributed by atoms with Crippen LogP contribution in [0, 0.1) is 18.6 Å². The number of anilines is 1. The maximum Gasteiger partial charge on any atom is 0.573 e. The van der Waals surface area contributed by atoms with Crippen molar-refractivity contribution in [1.82, 2.24) is 9.88 Å². The normalized spacial score (nSPS) is 18.1. The van der Waals surface area contributed by atoms with Gasteiger partial charge in [0.15, 0.2) is 0 Å². The minimum absolute atomic E-state index is 0.0419. The summed E-state index contributed by atoms with van der Waals surface area (Å²) >= 11 is 0. The highest BCUT2D eigenvalue weighted by atomic mass is 19.4. The molecule has 44 heavy (non-hydrogen) atoms. The van der Waals surface area contributed by atoms with Crippen molar-refractivity contribution in [1.29, 1.82) is 0 Å². The van der Waals surface area contributed by atoms with Crippen LogP contribution in [0.3, 0.4) is 0 Å². The molecule has 0 spiro atoms. The van der Waals surface area contributed by atoms with Gasteiger partial charge in [-0.1, -0.05) is 0 Å². The van der Waals surface area contributed by atoms with E-state index in [2.05, 4.69) is 10.1 Å². The minimum Gasteiger partial charge on any atom is -0.497 e. The second-order valence-electron chi connectivity index (χ2n) is 10.1. The first-order valence-electron chi connectivity index (χ1n) is 13.5. The first-order valence-corrected chi connectivity index (χ1v) is 13.5. The number of pyridine rings is 1. The van der Waals surface area contributed by atoms with Gasteiger partial charge in [0.1, 0.15) is 28.8 Å². The molecule has 1 N–H and O–H groups in total. The molecule has 9 nitrogen and oxygen atoms in total. The number of ether oxygens (including phenoxy) is 3. The lowest BCUT2D eigenvalue weighted by Crippen LogP contribution is -2.35. The van der Waals surface area contributed by atoms with Gasteiger partial charge in [0.05, 0.1) is 19.8 Å². The number of alkyl halides is 3. The lowest BCUT2D eigenvalue weighted by molar-refractivity contribution is -0.274. The molecule has 2 aliphatic rings. The van der Waals surface area contributed by atoms with Gasteiger partial charge in [-0.2, -0.15) is 0 Å². The van der Waals surface area contributed by atoms with Crippen LogP contribution in [0.25, 0.3) is 0 Å². The Labute approximate surface area is 249 Å². The molecule has 2 amide bonds. The van der Waals surface area contributed by atoms with Gasteiger partial charge in [0.2, 0.25) is 5.91 Å². The summed E-state index contributed by atoms with van der Waals surface area (Å²) in [6, 6.07) is 8.57. The van der Waals surface area contributed by atoms with Crippen LogP contribution in [-0.4, -0.2) is 56.7 Å². The highest BCUT2D eigenvalue weighted by Crippen LogP contribution is 2.36. The molecule has 14 heteroatoms. The number of nitrogens with zero attached hydrogens (tertiary/aromatic N) is 2. The largest absolute Gasteiger partial charge is 0.573 e. The maximum atomic E-state index is 14.5. The SMILES string of the molecule is CNC(=O)c1ccc(OC(F)(F)F)cc1.COc1cc(F)c(C2CC(=O)N(c3c(C)ccn(C4CCOC4)c3=O)C2)c(F)c1. The molecule has 3 heterocycles. The van der Waals surface area contributed by atoms with E-state index in [1.807, 2.05) is 0 Å². The first kappa shape index (κ1) is 32.5. The Bertz CT molecular complexity index is 1550. The average molecular weight is 624 g/mol. The smallest absolute Gasteiger partial charge is 0.497 e. The van der Waals surface area contributed by atoms with Crippen molar-refractivity contribution in [2.45, 2.75) is 38.1 Å². The van der Waals surface area contributed by atoms with E-state index >= 15 is 0 Å². The quantitative estimate of drug-likeness (QED) is 0.394. The molecule has 0 bridgehead atoms. The lowest BCUT2D eigenvalue weighted by Gasteiger charge is -2.22. The fourth-order valence-electron chi connectivity index (χ4n) is 5.13. The van der Waals surface area contributed by atoms with Gasteiger partial charge >= 0.3 is 6.36 Å². The Morgan fingerprint density at radius 3 is 2.25 bits per heavy atom. The van der Waals surface area contributed by atoms with Gasteiger partial charge < -0.3 is 29.0 Å². The number of methoxy groups -OCH3 is 1. The highest BCUT2D eigenvalue weighted by molar-refractivity contribution is 5.97. The number of nitrogens with one attached hydrogen (secondary N) is 1. The first-order chi connectivity index (χ1) is 20.8. The number of carbonyl (C=O) groups is 2.